The molecule has 29 heavy (non-hydrogen) atoms. The van der Waals surface area contributed by atoms with E-state index in [0.29, 0.717) is 6.42 Å². The number of Topliss-reactive ketones (excluding diaryl/α,β-unsaturated/α-hetero) is 1. The van der Waals surface area contributed by atoms with Crippen LogP contribution in [-0.4, -0.2) is 49.9 Å². The number of aryl methyl sites for hydroxylation is 2. The fourth-order valence-electron chi connectivity index (χ4n) is 3.83. The smallest absolute Gasteiger partial charge is 0.223 e. The van der Waals surface area contributed by atoms with E-state index in [0.717, 1.165) is 55.2 Å². The van der Waals surface area contributed by atoms with E-state index in [9.17, 15) is 9.59 Å². The summed E-state index contributed by atoms with van der Waals surface area (Å²) in [7, 11) is 1.67. The van der Waals surface area contributed by atoms with Gasteiger partial charge in [-0.1, -0.05) is 17.7 Å². The second-order valence-electron chi connectivity index (χ2n) is 7.90. The largest absolute Gasteiger partial charge is 0.497 e. The molecule has 0 spiro atoms. The number of ketones is 1. The number of carbonyl (C=O) groups is 2. The summed E-state index contributed by atoms with van der Waals surface area (Å²) >= 11 is 0. The molecule has 1 N–H and O–H groups in total. The van der Waals surface area contributed by atoms with Crippen molar-refractivity contribution in [3.63, 3.8) is 0 Å². The topological polar surface area (TPSA) is 51.1 Å². The Morgan fingerprint density at radius 3 is 2.34 bits per heavy atom. The minimum atomic E-state index is 0.0586. The third-order valence-corrected chi connectivity index (χ3v) is 5.70. The number of hydrogen-bond donors (Lipinski definition) is 1. The number of amides is 1. The molecule has 1 heterocycles. The molecule has 0 aliphatic carbocycles. The van der Waals surface area contributed by atoms with Crippen molar-refractivity contribution in [1.82, 2.24) is 4.90 Å². The highest BCUT2D eigenvalue weighted by Gasteiger charge is 2.24. The predicted molar refractivity (Wildman–Crippen MR) is 113 cm³/mol. The number of benzene rings is 2. The first-order valence-electron chi connectivity index (χ1n) is 10.3. The predicted octanol–water partition coefficient (Wildman–Crippen LogP) is 2.20. The lowest BCUT2D eigenvalue weighted by molar-refractivity contribution is -0.917. The average Bonchev–Trinajstić information content (AvgIpc) is 2.74. The summed E-state index contributed by atoms with van der Waals surface area (Å²) in [6.07, 6.45) is 0.572. The molecule has 0 unspecified atom stereocenters. The summed E-state index contributed by atoms with van der Waals surface area (Å²) < 4.78 is 5.20. The molecule has 0 atom stereocenters. The lowest BCUT2D eigenvalue weighted by atomic mass is 9.99. The van der Waals surface area contributed by atoms with E-state index < -0.39 is 0 Å². The number of methoxy groups -OCH3 is 1. The Hall–Kier alpha value is -2.66. The average molecular weight is 396 g/mol. The molecule has 154 valence electrons. The van der Waals surface area contributed by atoms with Crippen molar-refractivity contribution in [3.8, 4) is 5.75 Å². The third kappa shape index (κ3) is 5.67. The fourth-order valence-corrected chi connectivity index (χ4v) is 3.83. The van der Waals surface area contributed by atoms with Gasteiger partial charge in [0.05, 0.1) is 33.3 Å². The molecule has 3 rings (SSSR count). The van der Waals surface area contributed by atoms with E-state index in [1.807, 2.05) is 49.1 Å². The monoisotopic (exact) mass is 395 g/mol. The molecule has 1 aliphatic heterocycles. The normalized spacial score (nSPS) is 14.7. The van der Waals surface area contributed by atoms with E-state index in [-0.39, 0.29) is 18.1 Å². The summed E-state index contributed by atoms with van der Waals surface area (Å²) in [4.78, 5) is 28.5. The molecular weight excluding hydrogens is 364 g/mol. The fraction of sp³-hybridized carbons (Fsp3) is 0.417. The van der Waals surface area contributed by atoms with Crippen molar-refractivity contribution in [2.24, 2.45) is 0 Å². The number of carbonyl (C=O) groups excluding carboxylic acids is 2. The van der Waals surface area contributed by atoms with Gasteiger partial charge in [-0.05, 0) is 49.7 Å². The van der Waals surface area contributed by atoms with Crippen LogP contribution in [0.1, 0.15) is 39.9 Å². The van der Waals surface area contributed by atoms with E-state index in [2.05, 4.69) is 12.1 Å². The summed E-state index contributed by atoms with van der Waals surface area (Å²) in [5, 5.41) is 0. The first kappa shape index (κ1) is 21.1. The highest BCUT2D eigenvalue weighted by atomic mass is 16.5. The maximum atomic E-state index is 12.6. The van der Waals surface area contributed by atoms with Crippen LogP contribution in [0.15, 0.2) is 42.5 Å². The number of quaternary nitrogens is 1. The Kier molecular flexibility index (Phi) is 7.04. The van der Waals surface area contributed by atoms with Crippen molar-refractivity contribution in [2.75, 3.05) is 33.3 Å². The number of nitrogens with one attached hydrogen (secondary N) is 1. The molecule has 1 amide bonds. The van der Waals surface area contributed by atoms with Gasteiger partial charge in [0.15, 0.2) is 5.78 Å². The van der Waals surface area contributed by atoms with E-state index in [1.165, 1.54) is 10.5 Å². The standard InChI is InChI=1S/C24H30N2O3/c1-18-4-5-19(2)22(16-18)23(27)10-11-24(28)26-14-12-25(13-15-26)17-20-6-8-21(29-3)9-7-20/h4-9,16H,10-15,17H2,1-3H3/p+1. The Morgan fingerprint density at radius 2 is 1.69 bits per heavy atom. The molecular formula is C24H31N2O3+. The van der Waals surface area contributed by atoms with Gasteiger partial charge in [0.1, 0.15) is 12.3 Å². The molecule has 2 aromatic rings. The van der Waals surface area contributed by atoms with E-state index >= 15 is 0 Å². The summed E-state index contributed by atoms with van der Waals surface area (Å²) in [6.45, 7) is 8.25. The van der Waals surface area contributed by atoms with Crippen LogP contribution in [0.25, 0.3) is 0 Å². The van der Waals surface area contributed by atoms with Crippen molar-refractivity contribution >= 4 is 11.7 Å². The number of hydrogen-bond acceptors (Lipinski definition) is 3. The van der Waals surface area contributed by atoms with Crippen molar-refractivity contribution in [1.29, 1.82) is 0 Å². The number of rotatable bonds is 7. The van der Waals surface area contributed by atoms with Crippen LogP contribution in [0.5, 0.6) is 5.75 Å². The van der Waals surface area contributed by atoms with Gasteiger partial charge in [-0.3, -0.25) is 9.59 Å². The molecule has 0 saturated carbocycles. The van der Waals surface area contributed by atoms with Crippen LogP contribution >= 0.6 is 0 Å². The number of nitrogens with zero attached hydrogens (tertiary/aromatic N) is 1. The van der Waals surface area contributed by atoms with Crippen LogP contribution in [0.4, 0.5) is 0 Å². The molecule has 1 fully saturated rings. The second-order valence-corrected chi connectivity index (χ2v) is 7.90. The zero-order chi connectivity index (χ0) is 20.8. The first-order chi connectivity index (χ1) is 14.0. The summed E-state index contributed by atoms with van der Waals surface area (Å²) in [5.74, 6) is 1.02. The number of ether oxygens (including phenoxy) is 1. The van der Waals surface area contributed by atoms with Crippen LogP contribution in [0.2, 0.25) is 0 Å². The molecule has 5 nitrogen and oxygen atoms in total. The Bertz CT molecular complexity index is 853. The molecule has 0 aromatic heterocycles. The Labute approximate surface area is 173 Å². The van der Waals surface area contributed by atoms with Gasteiger partial charge >= 0.3 is 0 Å². The minimum Gasteiger partial charge on any atom is -0.497 e. The van der Waals surface area contributed by atoms with Gasteiger partial charge in [-0.15, -0.1) is 0 Å². The molecule has 2 aromatic carbocycles. The molecule has 0 radical (unpaired) electrons. The van der Waals surface area contributed by atoms with Gasteiger partial charge in [0.2, 0.25) is 5.91 Å². The van der Waals surface area contributed by atoms with Crippen LogP contribution < -0.4 is 9.64 Å². The molecule has 1 saturated heterocycles. The SMILES string of the molecule is COc1ccc(C[NH+]2CCN(C(=O)CCC(=O)c3cc(C)ccc3C)CC2)cc1. The molecule has 5 heteroatoms. The first-order valence-corrected chi connectivity index (χ1v) is 10.3. The van der Waals surface area contributed by atoms with Crippen LogP contribution in [-0.2, 0) is 11.3 Å². The van der Waals surface area contributed by atoms with Gasteiger partial charge in [0, 0.05) is 24.0 Å². The minimum absolute atomic E-state index is 0.0586. The molecule has 0 bridgehead atoms. The third-order valence-electron chi connectivity index (χ3n) is 5.70. The maximum Gasteiger partial charge on any atom is 0.223 e. The zero-order valence-corrected chi connectivity index (χ0v) is 17.7. The summed E-state index contributed by atoms with van der Waals surface area (Å²) in [5.41, 5.74) is 4.07. The van der Waals surface area contributed by atoms with E-state index in [1.54, 1.807) is 7.11 Å². The summed E-state index contributed by atoms with van der Waals surface area (Å²) in [6, 6.07) is 14.1. The van der Waals surface area contributed by atoms with Gasteiger partial charge in [-0.25, -0.2) is 0 Å². The Balaban J connectivity index is 1.44. The highest BCUT2D eigenvalue weighted by molar-refractivity contribution is 5.99. The maximum absolute atomic E-state index is 12.6. The number of piperazine rings is 1. The zero-order valence-electron chi connectivity index (χ0n) is 17.7. The lowest BCUT2D eigenvalue weighted by Gasteiger charge is -2.32. The highest BCUT2D eigenvalue weighted by Crippen LogP contribution is 2.14. The second kappa shape index (κ2) is 9.70. The van der Waals surface area contributed by atoms with Gasteiger partial charge in [0.25, 0.3) is 0 Å². The lowest BCUT2D eigenvalue weighted by Crippen LogP contribution is -3.13. The van der Waals surface area contributed by atoms with Gasteiger partial charge in [-0.2, -0.15) is 0 Å². The van der Waals surface area contributed by atoms with Crippen molar-refractivity contribution in [2.45, 2.75) is 33.2 Å². The molecule has 1 aliphatic rings. The van der Waals surface area contributed by atoms with Crippen molar-refractivity contribution < 1.29 is 19.2 Å². The van der Waals surface area contributed by atoms with Crippen molar-refractivity contribution in [3.05, 3.63) is 64.7 Å². The Morgan fingerprint density at radius 1 is 1.00 bits per heavy atom. The quantitative estimate of drug-likeness (QED) is 0.732. The van der Waals surface area contributed by atoms with Crippen LogP contribution in [0, 0.1) is 13.8 Å². The van der Waals surface area contributed by atoms with Gasteiger partial charge < -0.3 is 14.5 Å². The van der Waals surface area contributed by atoms with Crippen LogP contribution in [0.3, 0.4) is 0 Å². The van der Waals surface area contributed by atoms with E-state index in [4.69, 9.17) is 4.74 Å².